The van der Waals surface area contributed by atoms with E-state index < -0.39 is 19.8 Å². The second kappa shape index (κ2) is 9.88. The van der Waals surface area contributed by atoms with Crippen LogP contribution in [-0.2, 0) is 0 Å². The zero-order chi connectivity index (χ0) is 9.23. The number of unbranched alkanes of at least 4 members (excludes halogenated alkanes) is 4. The Balaban J connectivity index is 3.04. The molecule has 0 aliphatic rings. The van der Waals surface area contributed by atoms with Gasteiger partial charge < -0.3 is 0 Å². The summed E-state index contributed by atoms with van der Waals surface area (Å²) in [6, 6.07) is 0. The van der Waals surface area contributed by atoms with Crippen molar-refractivity contribution >= 4 is 19.8 Å². The summed E-state index contributed by atoms with van der Waals surface area (Å²) in [4.78, 5) is 2.60. The van der Waals surface area contributed by atoms with Gasteiger partial charge in [-0.1, -0.05) is 0 Å². The maximum absolute atomic E-state index is 2.60. The Labute approximate surface area is 85.9 Å². The van der Waals surface area contributed by atoms with Gasteiger partial charge in [0, 0.05) is 0 Å². The monoisotopic (exact) mass is 277 g/mol. The van der Waals surface area contributed by atoms with E-state index in [0.29, 0.717) is 0 Å². The molecule has 1 heteroatoms. The maximum atomic E-state index is 2.60. The van der Waals surface area contributed by atoms with E-state index in [1.807, 2.05) is 0 Å². The summed E-state index contributed by atoms with van der Waals surface area (Å²) in [5.74, 6) is 0. The van der Waals surface area contributed by atoms with E-state index in [1.54, 1.807) is 8.87 Å². The fraction of sp³-hybridized carbons (Fsp3) is 1.00. The Morgan fingerprint density at radius 1 is 0.750 bits per heavy atom. The molecule has 0 amide bonds. The van der Waals surface area contributed by atoms with Crippen LogP contribution < -0.4 is 0 Å². The first-order chi connectivity index (χ1) is 5.81. The molecular weight excluding hydrogens is 251 g/mol. The second-order valence-electron chi connectivity index (χ2n) is 3.87. The molecule has 0 nitrogen and oxygen atoms in total. The predicted octanol–water partition coefficient (Wildman–Crippen LogP) is 4.49. The molecule has 73 valence electrons. The summed E-state index contributed by atoms with van der Waals surface area (Å²) in [7, 11) is 0. The van der Waals surface area contributed by atoms with Crippen LogP contribution in [0.25, 0.3) is 0 Å². The van der Waals surface area contributed by atoms with Crippen molar-refractivity contribution in [2.24, 2.45) is 0 Å². The third-order valence-corrected chi connectivity index (χ3v) is 9.30. The Morgan fingerprint density at radius 3 is 1.50 bits per heavy atom. The topological polar surface area (TPSA) is 0 Å². The first-order valence-corrected chi connectivity index (χ1v) is 12.5. The normalized spacial score (nSPS) is 11.0. The predicted molar refractivity (Wildman–Crippen MR) is 60.3 cm³/mol. The summed E-state index contributed by atoms with van der Waals surface area (Å²) in [6.07, 6.45) is 8.82. The van der Waals surface area contributed by atoms with Crippen LogP contribution in [0.1, 0.15) is 52.4 Å². The molecule has 12 heavy (non-hydrogen) atoms. The van der Waals surface area contributed by atoms with Crippen molar-refractivity contribution in [3.05, 3.63) is 0 Å². The van der Waals surface area contributed by atoms with Gasteiger partial charge >= 0.3 is 85.9 Å². The summed E-state index contributed by atoms with van der Waals surface area (Å²) in [6.45, 7) is 4.60. The van der Waals surface area contributed by atoms with Gasteiger partial charge in [-0.05, 0) is 0 Å². The van der Waals surface area contributed by atoms with E-state index in [9.17, 15) is 0 Å². The molecule has 0 aromatic rings. The van der Waals surface area contributed by atoms with Crippen LogP contribution in [0.3, 0.4) is 0 Å². The second-order valence-corrected chi connectivity index (χ2v) is 12.2. The molecule has 0 saturated carbocycles. The average Bonchev–Trinajstić information content (AvgIpc) is 2.06. The van der Waals surface area contributed by atoms with Gasteiger partial charge in [-0.3, -0.25) is 0 Å². The van der Waals surface area contributed by atoms with Gasteiger partial charge in [-0.25, -0.2) is 0 Å². The first kappa shape index (κ1) is 12.8. The summed E-state index contributed by atoms with van der Waals surface area (Å²) >= 11 is -0.781. The standard InChI is InChI=1S/2C5H11.CH3.Sn/c2*1-3-5-4-2;;/h2*1,3-5H2,2H3;1H3;. The third kappa shape index (κ3) is 8.89. The fourth-order valence-corrected chi connectivity index (χ4v) is 7.06. The van der Waals surface area contributed by atoms with Crippen LogP contribution in [0.4, 0.5) is 0 Å². The molecule has 0 spiro atoms. The van der Waals surface area contributed by atoms with Crippen LogP contribution >= 0.6 is 0 Å². The minimum absolute atomic E-state index is 0.781. The van der Waals surface area contributed by atoms with Gasteiger partial charge in [-0.2, -0.15) is 0 Å². The molecule has 0 saturated heterocycles. The van der Waals surface area contributed by atoms with Crippen molar-refractivity contribution in [2.45, 2.75) is 66.2 Å². The SMILES string of the molecule is CCCC[CH2][Sn]([CH3])[CH2]CCCC. The molecule has 0 aromatic carbocycles. The van der Waals surface area contributed by atoms with Crippen molar-refractivity contribution in [2.75, 3.05) is 0 Å². The van der Waals surface area contributed by atoms with E-state index >= 15 is 0 Å². The number of rotatable bonds is 8. The van der Waals surface area contributed by atoms with Gasteiger partial charge in [0.25, 0.3) is 0 Å². The molecule has 0 bridgehead atoms. The number of hydrogen-bond donors (Lipinski definition) is 0. The molecule has 0 aliphatic carbocycles. The van der Waals surface area contributed by atoms with Gasteiger partial charge in [0.1, 0.15) is 0 Å². The van der Waals surface area contributed by atoms with Crippen molar-refractivity contribution in [3.8, 4) is 0 Å². The Kier molecular flexibility index (Phi) is 10.5. The zero-order valence-corrected chi connectivity index (χ0v) is 12.0. The van der Waals surface area contributed by atoms with Crippen molar-refractivity contribution in [1.29, 1.82) is 0 Å². The van der Waals surface area contributed by atoms with Gasteiger partial charge in [0.05, 0.1) is 0 Å². The van der Waals surface area contributed by atoms with Crippen LogP contribution in [0.5, 0.6) is 0 Å². The van der Waals surface area contributed by atoms with E-state index in [2.05, 4.69) is 18.8 Å². The zero-order valence-electron chi connectivity index (χ0n) is 9.16. The molecule has 0 rings (SSSR count). The Bertz CT molecular complexity index is 71.1. The summed E-state index contributed by atoms with van der Waals surface area (Å²) in [5.41, 5.74) is 0. The average molecular weight is 276 g/mol. The third-order valence-electron chi connectivity index (χ3n) is 2.41. The molecule has 0 aromatic heterocycles. The van der Waals surface area contributed by atoms with Crippen LogP contribution in [0.15, 0.2) is 0 Å². The van der Waals surface area contributed by atoms with Crippen LogP contribution in [0.2, 0.25) is 13.8 Å². The summed E-state index contributed by atoms with van der Waals surface area (Å²) < 4.78 is 3.31. The summed E-state index contributed by atoms with van der Waals surface area (Å²) in [5, 5.41) is 0. The molecule has 0 N–H and O–H groups in total. The van der Waals surface area contributed by atoms with Gasteiger partial charge in [0.2, 0.25) is 0 Å². The van der Waals surface area contributed by atoms with E-state index in [4.69, 9.17) is 0 Å². The quantitative estimate of drug-likeness (QED) is 0.452. The fourth-order valence-electron chi connectivity index (χ4n) is 1.48. The Morgan fingerprint density at radius 2 is 1.17 bits per heavy atom. The first-order valence-electron chi connectivity index (χ1n) is 5.62. The van der Waals surface area contributed by atoms with Crippen molar-refractivity contribution < 1.29 is 0 Å². The minimum atomic E-state index is -0.781. The van der Waals surface area contributed by atoms with E-state index in [1.165, 1.54) is 38.5 Å². The van der Waals surface area contributed by atoms with Gasteiger partial charge in [-0.15, -0.1) is 0 Å². The van der Waals surface area contributed by atoms with Gasteiger partial charge in [0.15, 0.2) is 0 Å². The van der Waals surface area contributed by atoms with Crippen molar-refractivity contribution in [3.63, 3.8) is 0 Å². The number of hydrogen-bond acceptors (Lipinski definition) is 0. The van der Waals surface area contributed by atoms with Crippen LogP contribution in [-0.4, -0.2) is 19.8 Å². The van der Waals surface area contributed by atoms with E-state index in [-0.39, 0.29) is 0 Å². The molecule has 0 heterocycles. The molecular formula is C11H25Sn. The molecule has 0 aliphatic heterocycles. The molecule has 0 fully saturated rings. The molecule has 0 atom stereocenters. The molecule has 1 radical (unpaired) electrons. The van der Waals surface area contributed by atoms with Crippen LogP contribution in [0, 0.1) is 0 Å². The Hall–Kier alpha value is 0.799. The van der Waals surface area contributed by atoms with E-state index in [0.717, 1.165) is 0 Å². The molecule has 0 unspecified atom stereocenters. The van der Waals surface area contributed by atoms with Crippen molar-refractivity contribution in [1.82, 2.24) is 0 Å².